The van der Waals surface area contributed by atoms with Crippen LogP contribution in [-0.4, -0.2) is 9.38 Å². The molecule has 0 aliphatic heterocycles. The van der Waals surface area contributed by atoms with E-state index in [1.165, 1.54) is 71.0 Å². The van der Waals surface area contributed by atoms with Crippen molar-refractivity contribution in [3.63, 3.8) is 0 Å². The lowest BCUT2D eigenvalue weighted by Crippen LogP contribution is -2.11. The molecule has 0 aliphatic carbocycles. The Morgan fingerprint density at radius 1 is 0.559 bits per heavy atom. The molecule has 4 aromatic carbocycles. The molecular formula is C32H30N2. The molecule has 0 amide bonds. The molecular weight excluding hydrogens is 412 g/mol. The summed E-state index contributed by atoms with van der Waals surface area (Å²) in [6, 6.07) is 25.4. The molecule has 3 heterocycles. The highest BCUT2D eigenvalue weighted by molar-refractivity contribution is 6.30. The molecule has 34 heavy (non-hydrogen) atoms. The first-order valence-electron chi connectivity index (χ1n) is 12.3. The number of aromatic nitrogens is 2. The summed E-state index contributed by atoms with van der Waals surface area (Å²) in [5.74, 6) is 0. The summed E-state index contributed by atoms with van der Waals surface area (Å²) >= 11 is 0. The van der Waals surface area contributed by atoms with Crippen LogP contribution in [0.1, 0.15) is 52.7 Å². The van der Waals surface area contributed by atoms with Gasteiger partial charge in [0.25, 0.3) is 0 Å². The molecule has 1 N–H and O–H groups in total. The summed E-state index contributed by atoms with van der Waals surface area (Å²) in [6.45, 7) is 13.9. The maximum Gasteiger partial charge on any atom is 0.0620 e. The van der Waals surface area contributed by atoms with Crippen molar-refractivity contribution in [3.8, 4) is 0 Å². The van der Waals surface area contributed by atoms with Gasteiger partial charge in [-0.3, -0.25) is 0 Å². The Hall–Kier alpha value is -3.52. The standard InChI is InChI=1S/C32H30N2/c1-31(2,3)18-13-14-26-21(15-18)23-17-19(32(4,5)6)16-22-20-9-7-10-24-28(20)29-25(33-24)11-8-12-27(29)34(26)30(22)23/h7-17,33H,1-6H3. The van der Waals surface area contributed by atoms with Gasteiger partial charge >= 0.3 is 0 Å². The predicted molar refractivity (Wildman–Crippen MR) is 148 cm³/mol. The molecule has 3 aromatic heterocycles. The van der Waals surface area contributed by atoms with Crippen molar-refractivity contribution in [1.82, 2.24) is 9.38 Å². The van der Waals surface area contributed by atoms with Crippen LogP contribution in [0.25, 0.3) is 59.9 Å². The summed E-state index contributed by atoms with van der Waals surface area (Å²) in [5, 5.41) is 8.01. The van der Waals surface area contributed by atoms with Crippen molar-refractivity contribution in [1.29, 1.82) is 0 Å². The molecule has 2 nitrogen and oxygen atoms in total. The van der Waals surface area contributed by atoms with Gasteiger partial charge in [0.1, 0.15) is 0 Å². The van der Waals surface area contributed by atoms with Crippen LogP contribution in [0.4, 0.5) is 0 Å². The SMILES string of the molecule is CC(C)(C)c1ccc2c(c1)c1cc(C(C)(C)C)cc3c4cccc5[nH]c6cccc(c6c54)n2c31. The fraction of sp³-hybridized carbons (Fsp3) is 0.250. The summed E-state index contributed by atoms with van der Waals surface area (Å²) < 4.78 is 2.52. The van der Waals surface area contributed by atoms with Crippen molar-refractivity contribution in [2.75, 3.05) is 0 Å². The van der Waals surface area contributed by atoms with Gasteiger partial charge in [0, 0.05) is 38.0 Å². The second kappa shape index (κ2) is 6.13. The minimum absolute atomic E-state index is 0.0568. The summed E-state index contributed by atoms with van der Waals surface area (Å²) in [4.78, 5) is 3.69. The Bertz CT molecular complexity index is 1910. The van der Waals surface area contributed by atoms with Crippen molar-refractivity contribution in [2.45, 2.75) is 52.4 Å². The maximum absolute atomic E-state index is 3.69. The van der Waals surface area contributed by atoms with Crippen LogP contribution in [0, 0.1) is 0 Å². The predicted octanol–water partition coefficient (Wildman–Crippen LogP) is 9.07. The molecule has 0 unspecified atom stereocenters. The Labute approximate surface area is 199 Å². The average molecular weight is 443 g/mol. The molecule has 0 fully saturated rings. The number of benzene rings is 4. The lowest BCUT2D eigenvalue weighted by molar-refractivity contribution is 0.591. The number of nitrogens with one attached hydrogen (secondary N) is 1. The molecule has 0 saturated heterocycles. The zero-order valence-corrected chi connectivity index (χ0v) is 20.8. The summed E-state index contributed by atoms with van der Waals surface area (Å²) in [6.07, 6.45) is 0. The second-order valence-electron chi connectivity index (χ2n) is 12.0. The van der Waals surface area contributed by atoms with Crippen LogP contribution < -0.4 is 0 Å². The molecule has 0 spiro atoms. The molecule has 0 radical (unpaired) electrons. The van der Waals surface area contributed by atoms with E-state index >= 15 is 0 Å². The molecule has 7 aromatic rings. The third-order valence-corrected chi connectivity index (χ3v) is 7.75. The van der Waals surface area contributed by atoms with Gasteiger partial charge in [0.15, 0.2) is 0 Å². The third-order valence-electron chi connectivity index (χ3n) is 7.75. The van der Waals surface area contributed by atoms with Gasteiger partial charge in [-0.25, -0.2) is 0 Å². The highest BCUT2D eigenvalue weighted by Gasteiger charge is 2.24. The van der Waals surface area contributed by atoms with E-state index in [9.17, 15) is 0 Å². The lowest BCUT2D eigenvalue weighted by Gasteiger charge is -2.20. The van der Waals surface area contributed by atoms with Crippen molar-refractivity contribution >= 4 is 59.9 Å². The van der Waals surface area contributed by atoms with Crippen LogP contribution in [0.15, 0.2) is 66.7 Å². The Morgan fingerprint density at radius 3 is 1.88 bits per heavy atom. The third kappa shape index (κ3) is 2.46. The van der Waals surface area contributed by atoms with Gasteiger partial charge in [-0.2, -0.15) is 0 Å². The van der Waals surface area contributed by atoms with E-state index in [2.05, 4.69) is 118 Å². The number of rotatable bonds is 0. The Kier molecular flexibility index (Phi) is 3.59. The zero-order valence-electron chi connectivity index (χ0n) is 20.8. The quantitative estimate of drug-likeness (QED) is 0.242. The van der Waals surface area contributed by atoms with Crippen molar-refractivity contribution < 1.29 is 0 Å². The van der Waals surface area contributed by atoms with Gasteiger partial charge < -0.3 is 9.38 Å². The van der Waals surface area contributed by atoms with Crippen LogP contribution in [0.5, 0.6) is 0 Å². The Balaban J connectivity index is 1.89. The first kappa shape index (κ1) is 19.9. The Morgan fingerprint density at radius 2 is 1.18 bits per heavy atom. The molecule has 2 heteroatoms. The van der Waals surface area contributed by atoms with Crippen LogP contribution in [0.2, 0.25) is 0 Å². The number of hydrogen-bond acceptors (Lipinski definition) is 0. The summed E-state index contributed by atoms with van der Waals surface area (Å²) in [7, 11) is 0. The highest BCUT2D eigenvalue weighted by Crippen LogP contribution is 2.44. The monoisotopic (exact) mass is 442 g/mol. The van der Waals surface area contributed by atoms with Crippen LogP contribution in [0.3, 0.4) is 0 Å². The first-order valence-corrected chi connectivity index (χ1v) is 12.3. The normalized spacial score (nSPS) is 13.6. The molecule has 0 bridgehead atoms. The first-order chi connectivity index (χ1) is 16.1. The molecule has 7 rings (SSSR count). The van der Waals surface area contributed by atoms with Gasteiger partial charge in [0.05, 0.1) is 16.6 Å². The highest BCUT2D eigenvalue weighted by atomic mass is 14.9. The molecule has 0 atom stereocenters. The minimum Gasteiger partial charge on any atom is -0.354 e. The van der Waals surface area contributed by atoms with E-state index in [1.54, 1.807) is 0 Å². The largest absolute Gasteiger partial charge is 0.354 e. The van der Waals surface area contributed by atoms with E-state index in [0.29, 0.717) is 0 Å². The number of fused-ring (bicyclic) bond motifs is 5. The number of H-pyrrole nitrogens is 1. The topological polar surface area (TPSA) is 20.2 Å². The molecule has 0 aliphatic rings. The molecule has 168 valence electrons. The van der Waals surface area contributed by atoms with E-state index in [-0.39, 0.29) is 10.8 Å². The molecule has 0 saturated carbocycles. The van der Waals surface area contributed by atoms with E-state index < -0.39 is 0 Å². The van der Waals surface area contributed by atoms with E-state index in [1.807, 2.05) is 0 Å². The average Bonchev–Trinajstić information content (AvgIpc) is 3.28. The van der Waals surface area contributed by atoms with E-state index in [0.717, 1.165) is 0 Å². The second-order valence-corrected chi connectivity index (χ2v) is 12.0. The number of nitrogens with zero attached hydrogens (tertiary/aromatic N) is 1. The zero-order chi connectivity index (χ0) is 23.6. The number of aromatic amines is 1. The lowest BCUT2D eigenvalue weighted by atomic mass is 9.84. The van der Waals surface area contributed by atoms with Crippen molar-refractivity contribution in [3.05, 3.63) is 77.9 Å². The van der Waals surface area contributed by atoms with Crippen LogP contribution in [-0.2, 0) is 10.8 Å². The maximum atomic E-state index is 3.69. The smallest absolute Gasteiger partial charge is 0.0620 e. The fourth-order valence-electron chi connectivity index (χ4n) is 5.89. The van der Waals surface area contributed by atoms with E-state index in [4.69, 9.17) is 0 Å². The van der Waals surface area contributed by atoms with Gasteiger partial charge in [0.2, 0.25) is 0 Å². The van der Waals surface area contributed by atoms with Gasteiger partial charge in [-0.1, -0.05) is 65.8 Å². The van der Waals surface area contributed by atoms with Crippen molar-refractivity contribution in [2.24, 2.45) is 0 Å². The minimum atomic E-state index is 0.0568. The van der Waals surface area contributed by atoms with Gasteiger partial charge in [-0.05, 0) is 69.8 Å². The number of hydrogen-bond donors (Lipinski definition) is 1. The summed E-state index contributed by atoms with van der Waals surface area (Å²) in [5.41, 5.74) is 9.19. The fourth-order valence-corrected chi connectivity index (χ4v) is 5.89. The van der Waals surface area contributed by atoms with Crippen LogP contribution >= 0.6 is 0 Å². The van der Waals surface area contributed by atoms with Gasteiger partial charge in [-0.15, -0.1) is 0 Å².